The molecule has 1 aromatic rings. The van der Waals surface area contributed by atoms with Crippen LogP contribution >= 0.6 is 15.9 Å². The molecule has 112 valence electrons. The first-order valence-corrected chi connectivity index (χ1v) is 8.31. The van der Waals surface area contributed by atoms with Crippen molar-refractivity contribution in [3.63, 3.8) is 0 Å². The van der Waals surface area contributed by atoms with E-state index in [4.69, 9.17) is 0 Å². The number of nitrogens with zero attached hydrogens (tertiary/aromatic N) is 2. The molecule has 4 heteroatoms. The van der Waals surface area contributed by atoms with E-state index in [0.717, 1.165) is 13.1 Å². The van der Waals surface area contributed by atoms with Gasteiger partial charge in [-0.15, -0.1) is 0 Å². The van der Waals surface area contributed by atoms with Gasteiger partial charge >= 0.3 is 0 Å². The normalized spacial score (nSPS) is 17.4. The van der Waals surface area contributed by atoms with Crippen LogP contribution in [-0.4, -0.2) is 45.2 Å². The lowest BCUT2D eigenvalue weighted by Gasteiger charge is -2.25. The highest BCUT2D eigenvalue weighted by Gasteiger charge is 2.13. The summed E-state index contributed by atoms with van der Waals surface area (Å²) in [5.41, 5.74) is 2.59. The zero-order chi connectivity index (χ0) is 14.5. The number of nitrogens with one attached hydrogen (secondary N) is 1. The molecule has 3 nitrogen and oxygen atoms in total. The Kier molecular flexibility index (Phi) is 5.87. The summed E-state index contributed by atoms with van der Waals surface area (Å²) in [6.45, 7) is 6.97. The molecule has 1 unspecified atom stereocenters. The number of hydrogen-bond acceptors (Lipinski definition) is 3. The monoisotopic (exact) mass is 339 g/mol. The number of benzene rings is 1. The average molecular weight is 340 g/mol. The van der Waals surface area contributed by atoms with E-state index in [1.165, 1.54) is 41.7 Å². The predicted molar refractivity (Wildman–Crippen MR) is 90.6 cm³/mol. The Labute approximate surface area is 131 Å². The van der Waals surface area contributed by atoms with Crippen molar-refractivity contribution in [1.82, 2.24) is 10.2 Å². The molecule has 20 heavy (non-hydrogen) atoms. The Morgan fingerprint density at radius 3 is 2.65 bits per heavy atom. The Balaban J connectivity index is 1.96. The van der Waals surface area contributed by atoms with Crippen LogP contribution in [0.2, 0.25) is 0 Å². The van der Waals surface area contributed by atoms with Gasteiger partial charge in [-0.25, -0.2) is 0 Å². The van der Waals surface area contributed by atoms with Gasteiger partial charge in [0.25, 0.3) is 0 Å². The summed E-state index contributed by atoms with van der Waals surface area (Å²) in [6.07, 6.45) is 2.73. The van der Waals surface area contributed by atoms with Gasteiger partial charge in [-0.3, -0.25) is 0 Å². The second-order valence-electron chi connectivity index (χ2n) is 5.69. The standard InChI is InChI=1S/C16H26BrN3/c1-13(18-2)14-6-7-16(15(17)12-14)19(3)10-11-20-8-4-5-9-20/h6-7,12-13,18H,4-5,8-11H2,1-3H3. The van der Waals surface area contributed by atoms with Crippen molar-refractivity contribution in [3.8, 4) is 0 Å². The fraction of sp³-hybridized carbons (Fsp3) is 0.625. The molecular formula is C16H26BrN3. The number of anilines is 1. The molecule has 0 radical (unpaired) electrons. The van der Waals surface area contributed by atoms with E-state index in [0.29, 0.717) is 6.04 Å². The van der Waals surface area contributed by atoms with Gasteiger partial charge in [0.2, 0.25) is 0 Å². The first kappa shape index (κ1) is 15.8. The highest BCUT2D eigenvalue weighted by molar-refractivity contribution is 9.10. The van der Waals surface area contributed by atoms with Gasteiger partial charge in [-0.1, -0.05) is 6.07 Å². The van der Waals surface area contributed by atoms with Gasteiger partial charge in [-0.05, 0) is 73.5 Å². The lowest BCUT2D eigenvalue weighted by atomic mass is 10.1. The minimum Gasteiger partial charge on any atom is -0.372 e. The minimum atomic E-state index is 0.384. The zero-order valence-corrected chi connectivity index (χ0v) is 14.4. The Morgan fingerprint density at radius 2 is 2.05 bits per heavy atom. The highest BCUT2D eigenvalue weighted by Crippen LogP contribution is 2.28. The maximum absolute atomic E-state index is 3.72. The van der Waals surface area contributed by atoms with E-state index >= 15 is 0 Å². The Hall–Kier alpha value is -0.580. The van der Waals surface area contributed by atoms with E-state index in [9.17, 15) is 0 Å². The molecule has 1 aromatic carbocycles. The van der Waals surface area contributed by atoms with Crippen LogP contribution in [0.15, 0.2) is 22.7 Å². The van der Waals surface area contributed by atoms with E-state index in [1.807, 2.05) is 7.05 Å². The number of hydrogen-bond donors (Lipinski definition) is 1. The highest BCUT2D eigenvalue weighted by atomic mass is 79.9. The number of likely N-dealkylation sites (N-methyl/N-ethyl adjacent to an activating group) is 1. The molecule has 1 aliphatic heterocycles. The minimum absolute atomic E-state index is 0.384. The summed E-state index contributed by atoms with van der Waals surface area (Å²) < 4.78 is 1.18. The zero-order valence-electron chi connectivity index (χ0n) is 12.8. The topological polar surface area (TPSA) is 18.5 Å². The lowest BCUT2D eigenvalue weighted by Crippen LogP contribution is -2.31. The van der Waals surface area contributed by atoms with Gasteiger partial charge in [0, 0.05) is 30.7 Å². The second kappa shape index (κ2) is 7.43. The molecular weight excluding hydrogens is 314 g/mol. The van der Waals surface area contributed by atoms with Crippen molar-refractivity contribution >= 4 is 21.6 Å². The van der Waals surface area contributed by atoms with Crippen molar-refractivity contribution in [2.75, 3.05) is 45.2 Å². The van der Waals surface area contributed by atoms with Crippen molar-refractivity contribution in [3.05, 3.63) is 28.2 Å². The van der Waals surface area contributed by atoms with Gasteiger partial charge in [0.15, 0.2) is 0 Å². The van der Waals surface area contributed by atoms with Crippen LogP contribution in [0.25, 0.3) is 0 Å². The summed E-state index contributed by atoms with van der Waals surface area (Å²) in [5.74, 6) is 0. The third kappa shape index (κ3) is 3.96. The van der Waals surface area contributed by atoms with E-state index in [2.05, 4.69) is 63.2 Å². The molecule has 1 N–H and O–H groups in total. The molecule has 1 atom stereocenters. The fourth-order valence-electron chi connectivity index (χ4n) is 2.69. The summed E-state index contributed by atoms with van der Waals surface area (Å²) in [7, 11) is 4.17. The molecule has 0 bridgehead atoms. The lowest BCUT2D eigenvalue weighted by molar-refractivity contribution is 0.346. The first-order valence-electron chi connectivity index (χ1n) is 7.52. The second-order valence-corrected chi connectivity index (χ2v) is 6.55. The Bertz CT molecular complexity index is 430. The van der Waals surface area contributed by atoms with Crippen molar-refractivity contribution in [2.45, 2.75) is 25.8 Å². The Morgan fingerprint density at radius 1 is 1.35 bits per heavy atom. The number of halogens is 1. The summed E-state index contributed by atoms with van der Waals surface area (Å²) >= 11 is 3.72. The smallest absolute Gasteiger partial charge is 0.0508 e. The first-order chi connectivity index (χ1) is 9.61. The average Bonchev–Trinajstić information content (AvgIpc) is 2.97. The van der Waals surface area contributed by atoms with Crippen LogP contribution < -0.4 is 10.2 Å². The molecule has 0 aliphatic carbocycles. The fourth-order valence-corrected chi connectivity index (χ4v) is 3.39. The van der Waals surface area contributed by atoms with Crippen LogP contribution in [0.4, 0.5) is 5.69 Å². The number of rotatable bonds is 6. The largest absolute Gasteiger partial charge is 0.372 e. The van der Waals surface area contributed by atoms with Crippen LogP contribution in [0.1, 0.15) is 31.4 Å². The van der Waals surface area contributed by atoms with E-state index < -0.39 is 0 Å². The molecule has 1 aliphatic rings. The quantitative estimate of drug-likeness (QED) is 0.858. The summed E-state index contributed by atoms with van der Waals surface area (Å²) in [4.78, 5) is 4.90. The molecule has 0 amide bonds. The van der Waals surface area contributed by atoms with Gasteiger partial charge in [-0.2, -0.15) is 0 Å². The van der Waals surface area contributed by atoms with E-state index in [1.54, 1.807) is 0 Å². The van der Waals surface area contributed by atoms with Gasteiger partial charge in [0.05, 0.1) is 5.69 Å². The summed E-state index contributed by atoms with van der Waals surface area (Å²) in [6, 6.07) is 7.04. The van der Waals surface area contributed by atoms with Crippen molar-refractivity contribution in [2.24, 2.45) is 0 Å². The predicted octanol–water partition coefficient (Wildman–Crippen LogP) is 3.26. The number of likely N-dealkylation sites (tertiary alicyclic amines) is 1. The maximum Gasteiger partial charge on any atom is 0.0508 e. The molecule has 0 saturated carbocycles. The SMILES string of the molecule is CNC(C)c1ccc(N(C)CCN2CCCC2)c(Br)c1. The van der Waals surface area contributed by atoms with Crippen LogP contribution in [0.3, 0.4) is 0 Å². The molecule has 1 saturated heterocycles. The van der Waals surface area contributed by atoms with Crippen LogP contribution in [-0.2, 0) is 0 Å². The molecule has 1 heterocycles. The summed E-state index contributed by atoms with van der Waals surface area (Å²) in [5, 5.41) is 3.28. The van der Waals surface area contributed by atoms with Crippen LogP contribution in [0, 0.1) is 0 Å². The maximum atomic E-state index is 3.72. The molecule has 1 fully saturated rings. The molecule has 2 rings (SSSR count). The van der Waals surface area contributed by atoms with Gasteiger partial charge < -0.3 is 15.1 Å². The van der Waals surface area contributed by atoms with Crippen molar-refractivity contribution in [1.29, 1.82) is 0 Å². The molecule has 0 spiro atoms. The molecule has 0 aromatic heterocycles. The van der Waals surface area contributed by atoms with Gasteiger partial charge in [0.1, 0.15) is 0 Å². The third-order valence-electron chi connectivity index (χ3n) is 4.27. The van der Waals surface area contributed by atoms with Crippen LogP contribution in [0.5, 0.6) is 0 Å². The van der Waals surface area contributed by atoms with Crippen molar-refractivity contribution < 1.29 is 0 Å². The third-order valence-corrected chi connectivity index (χ3v) is 4.90. The van der Waals surface area contributed by atoms with E-state index in [-0.39, 0.29) is 0 Å².